The summed E-state index contributed by atoms with van der Waals surface area (Å²) in [5.74, 6) is 0.654. The Kier molecular flexibility index (Phi) is 5.59. The molecule has 0 saturated heterocycles. The van der Waals surface area contributed by atoms with Crippen LogP contribution in [0.3, 0.4) is 0 Å². The fourth-order valence-corrected chi connectivity index (χ4v) is 4.30. The summed E-state index contributed by atoms with van der Waals surface area (Å²) in [4.78, 5) is 13.0. The van der Waals surface area contributed by atoms with Crippen molar-refractivity contribution in [1.29, 1.82) is 5.26 Å². The zero-order chi connectivity index (χ0) is 16.8. The van der Waals surface area contributed by atoms with Crippen molar-refractivity contribution in [3.8, 4) is 6.07 Å². The van der Waals surface area contributed by atoms with Crippen LogP contribution in [0.1, 0.15) is 16.0 Å². The van der Waals surface area contributed by atoms with Crippen molar-refractivity contribution in [2.24, 2.45) is 0 Å². The highest BCUT2D eigenvalue weighted by atomic mass is 32.2. The molecule has 0 aliphatic heterocycles. The molecule has 5 nitrogen and oxygen atoms in total. The van der Waals surface area contributed by atoms with E-state index in [1.807, 2.05) is 29.6 Å². The molecule has 0 atom stereocenters. The molecule has 0 aliphatic carbocycles. The predicted molar refractivity (Wildman–Crippen MR) is 97.3 cm³/mol. The summed E-state index contributed by atoms with van der Waals surface area (Å²) in [5, 5.41) is 22.1. The number of carbonyl (C=O) groups is 1. The fraction of sp³-hybridized carbons (Fsp3) is 0.125. The van der Waals surface area contributed by atoms with Gasteiger partial charge in [-0.1, -0.05) is 41.3 Å². The van der Waals surface area contributed by atoms with Crippen LogP contribution in [0.2, 0.25) is 0 Å². The van der Waals surface area contributed by atoms with Crippen LogP contribution < -0.4 is 5.32 Å². The molecule has 2 aromatic heterocycles. The number of nitrogens with zero attached hydrogens (tertiary/aromatic N) is 3. The summed E-state index contributed by atoms with van der Waals surface area (Å²) < 4.78 is 0.797. The van der Waals surface area contributed by atoms with Crippen LogP contribution in [0.5, 0.6) is 0 Å². The van der Waals surface area contributed by atoms with Gasteiger partial charge in [0.2, 0.25) is 11.0 Å². The Hall–Kier alpha value is -2.21. The minimum Gasteiger partial charge on any atom is -0.300 e. The zero-order valence-corrected chi connectivity index (χ0v) is 14.9. The maximum Gasteiger partial charge on any atom is 0.231 e. The Morgan fingerprint density at radius 2 is 2.08 bits per heavy atom. The quantitative estimate of drug-likeness (QED) is 0.524. The zero-order valence-electron chi connectivity index (χ0n) is 12.4. The highest BCUT2D eigenvalue weighted by Gasteiger charge is 2.10. The van der Waals surface area contributed by atoms with Gasteiger partial charge in [-0.2, -0.15) is 5.26 Å². The molecule has 3 aromatic rings. The van der Waals surface area contributed by atoms with Crippen molar-refractivity contribution in [2.45, 2.75) is 16.5 Å². The molecule has 0 spiro atoms. The number of anilines is 1. The van der Waals surface area contributed by atoms with Crippen molar-refractivity contribution >= 4 is 45.5 Å². The Labute approximate surface area is 151 Å². The number of aromatic nitrogens is 2. The average molecular weight is 372 g/mol. The molecule has 0 fully saturated rings. The standard InChI is InChI=1S/C16H12N4OS3/c17-9-11-3-5-12(6-4-11)10-23-16-20-19-15(24-16)18-14(21)8-13-2-1-7-22-13/h1-7H,8,10H2,(H,18,19,21). The maximum absolute atomic E-state index is 11.9. The van der Waals surface area contributed by atoms with Crippen molar-refractivity contribution in [3.63, 3.8) is 0 Å². The van der Waals surface area contributed by atoms with Gasteiger partial charge in [0.1, 0.15) is 0 Å². The summed E-state index contributed by atoms with van der Waals surface area (Å²) in [5.41, 5.74) is 1.76. The third-order valence-electron chi connectivity index (χ3n) is 3.01. The summed E-state index contributed by atoms with van der Waals surface area (Å²) >= 11 is 4.47. The SMILES string of the molecule is N#Cc1ccc(CSc2nnc(NC(=O)Cc3cccs3)s2)cc1. The normalized spacial score (nSPS) is 10.3. The van der Waals surface area contributed by atoms with Crippen LogP contribution in [0, 0.1) is 11.3 Å². The molecule has 120 valence electrons. The third kappa shape index (κ3) is 4.64. The number of hydrogen-bond acceptors (Lipinski definition) is 7. The summed E-state index contributed by atoms with van der Waals surface area (Å²) in [7, 11) is 0. The van der Waals surface area contributed by atoms with Gasteiger partial charge in [0, 0.05) is 10.6 Å². The van der Waals surface area contributed by atoms with Gasteiger partial charge in [-0.15, -0.1) is 21.5 Å². The van der Waals surface area contributed by atoms with E-state index in [1.54, 1.807) is 35.2 Å². The molecule has 0 bridgehead atoms. The van der Waals surface area contributed by atoms with Crippen LogP contribution in [-0.2, 0) is 17.0 Å². The predicted octanol–water partition coefficient (Wildman–Crippen LogP) is 3.94. The second-order valence-electron chi connectivity index (χ2n) is 4.77. The van der Waals surface area contributed by atoms with E-state index in [9.17, 15) is 4.79 Å². The Morgan fingerprint density at radius 3 is 2.79 bits per heavy atom. The van der Waals surface area contributed by atoms with Gasteiger partial charge >= 0.3 is 0 Å². The number of amides is 1. The first-order valence-corrected chi connectivity index (χ1v) is 9.68. The number of thioether (sulfide) groups is 1. The van der Waals surface area contributed by atoms with Crippen LogP contribution in [0.15, 0.2) is 46.1 Å². The molecule has 1 aromatic carbocycles. The lowest BCUT2D eigenvalue weighted by atomic mass is 10.2. The third-order valence-corrected chi connectivity index (χ3v) is 5.93. The second kappa shape index (κ2) is 8.06. The van der Waals surface area contributed by atoms with E-state index in [0.29, 0.717) is 17.1 Å². The first-order valence-electron chi connectivity index (χ1n) is 7.00. The minimum atomic E-state index is -0.0859. The topological polar surface area (TPSA) is 78.7 Å². The first kappa shape index (κ1) is 16.6. The van der Waals surface area contributed by atoms with Gasteiger partial charge in [-0.05, 0) is 29.1 Å². The minimum absolute atomic E-state index is 0.0859. The summed E-state index contributed by atoms with van der Waals surface area (Å²) in [6.45, 7) is 0. The summed E-state index contributed by atoms with van der Waals surface area (Å²) in [6.07, 6.45) is 0.352. The Morgan fingerprint density at radius 1 is 1.25 bits per heavy atom. The molecule has 0 radical (unpaired) electrons. The largest absolute Gasteiger partial charge is 0.300 e. The fourth-order valence-electron chi connectivity index (χ4n) is 1.87. The number of rotatable bonds is 6. The highest BCUT2D eigenvalue weighted by Crippen LogP contribution is 2.28. The smallest absolute Gasteiger partial charge is 0.231 e. The van der Waals surface area contributed by atoms with Gasteiger partial charge in [-0.25, -0.2) is 0 Å². The average Bonchev–Trinajstić information content (AvgIpc) is 3.25. The molecular formula is C16H12N4OS3. The van der Waals surface area contributed by atoms with E-state index in [2.05, 4.69) is 21.6 Å². The van der Waals surface area contributed by atoms with Gasteiger partial charge < -0.3 is 5.32 Å². The van der Waals surface area contributed by atoms with Crippen molar-refractivity contribution in [2.75, 3.05) is 5.32 Å². The van der Waals surface area contributed by atoms with Crippen LogP contribution in [-0.4, -0.2) is 16.1 Å². The van der Waals surface area contributed by atoms with E-state index < -0.39 is 0 Å². The molecule has 3 rings (SSSR count). The van der Waals surface area contributed by atoms with E-state index in [4.69, 9.17) is 5.26 Å². The summed E-state index contributed by atoms with van der Waals surface area (Å²) in [6, 6.07) is 13.4. The van der Waals surface area contributed by atoms with E-state index in [1.165, 1.54) is 11.3 Å². The van der Waals surface area contributed by atoms with Crippen molar-refractivity contribution < 1.29 is 4.79 Å². The van der Waals surface area contributed by atoms with Gasteiger partial charge in [0.15, 0.2) is 4.34 Å². The lowest BCUT2D eigenvalue weighted by molar-refractivity contribution is -0.115. The molecule has 0 aliphatic rings. The maximum atomic E-state index is 11.9. The van der Waals surface area contributed by atoms with Crippen molar-refractivity contribution in [3.05, 3.63) is 57.8 Å². The molecule has 8 heteroatoms. The number of benzene rings is 1. The number of hydrogen-bond donors (Lipinski definition) is 1. The van der Waals surface area contributed by atoms with E-state index in [-0.39, 0.29) is 5.91 Å². The van der Waals surface area contributed by atoms with E-state index in [0.717, 1.165) is 20.5 Å². The number of nitriles is 1. The lowest BCUT2D eigenvalue weighted by Gasteiger charge is -1.99. The van der Waals surface area contributed by atoms with Gasteiger partial charge in [0.05, 0.1) is 18.1 Å². The number of carbonyl (C=O) groups excluding carboxylic acids is 1. The van der Waals surface area contributed by atoms with Crippen molar-refractivity contribution in [1.82, 2.24) is 10.2 Å². The molecule has 2 heterocycles. The van der Waals surface area contributed by atoms with E-state index >= 15 is 0 Å². The molecule has 1 N–H and O–H groups in total. The van der Waals surface area contributed by atoms with Gasteiger partial charge in [0.25, 0.3) is 0 Å². The Bertz CT molecular complexity index is 850. The second-order valence-corrected chi connectivity index (χ2v) is 8.01. The lowest BCUT2D eigenvalue weighted by Crippen LogP contribution is -2.13. The number of thiophene rings is 1. The highest BCUT2D eigenvalue weighted by molar-refractivity contribution is 8.00. The molecular weight excluding hydrogens is 360 g/mol. The number of nitrogens with one attached hydrogen (secondary N) is 1. The first-order chi connectivity index (χ1) is 11.7. The monoisotopic (exact) mass is 372 g/mol. The van der Waals surface area contributed by atoms with Crippen LogP contribution in [0.25, 0.3) is 0 Å². The van der Waals surface area contributed by atoms with Gasteiger partial charge in [-0.3, -0.25) is 4.79 Å². The van der Waals surface area contributed by atoms with Crippen LogP contribution in [0.4, 0.5) is 5.13 Å². The van der Waals surface area contributed by atoms with Crippen LogP contribution >= 0.6 is 34.4 Å². The molecule has 24 heavy (non-hydrogen) atoms. The Balaban J connectivity index is 1.51. The molecule has 1 amide bonds. The molecule has 0 unspecified atom stereocenters. The molecule has 0 saturated carbocycles.